The van der Waals surface area contributed by atoms with Gasteiger partial charge in [-0.2, -0.15) is 0 Å². The molecule has 0 bridgehead atoms. The van der Waals surface area contributed by atoms with E-state index in [1.54, 1.807) is 18.2 Å². The number of nitrogens with two attached hydrogens (primary N) is 1. The predicted octanol–water partition coefficient (Wildman–Crippen LogP) is 1.11. The van der Waals surface area contributed by atoms with Crippen LogP contribution in [0.25, 0.3) is 11.1 Å². The SMILES string of the molecule is NC(=O)C1C(=O)[C@@]2(O)C(O)=C3C(=O)c4c(O)ccc(-c5ccc(C(=O)O)cc5)c4C[C@H]3C[C@H]2CC1O. The van der Waals surface area contributed by atoms with Crippen molar-refractivity contribution < 1.29 is 44.7 Å². The Hall–Kier alpha value is -4.02. The number of Topliss-reactive ketones (excluding diaryl/α,β-unsaturated/α-hetero) is 2. The third-order valence-electron chi connectivity index (χ3n) is 7.72. The molecule has 5 rings (SSSR count). The van der Waals surface area contributed by atoms with Crippen LogP contribution in [-0.4, -0.2) is 60.7 Å². The van der Waals surface area contributed by atoms with Crippen LogP contribution in [0.2, 0.25) is 0 Å². The minimum absolute atomic E-state index is 0.0579. The zero-order chi connectivity index (χ0) is 26.1. The van der Waals surface area contributed by atoms with Crippen molar-refractivity contribution in [2.24, 2.45) is 23.5 Å². The van der Waals surface area contributed by atoms with E-state index in [0.717, 1.165) is 0 Å². The van der Waals surface area contributed by atoms with Gasteiger partial charge in [0.2, 0.25) is 5.91 Å². The topological polar surface area (TPSA) is 195 Å². The molecule has 0 radical (unpaired) electrons. The molecule has 0 saturated heterocycles. The van der Waals surface area contributed by atoms with Crippen LogP contribution < -0.4 is 5.73 Å². The minimum atomic E-state index is -2.56. The smallest absolute Gasteiger partial charge is 0.335 e. The highest BCUT2D eigenvalue weighted by Gasteiger charge is 2.62. The minimum Gasteiger partial charge on any atom is -0.508 e. The van der Waals surface area contributed by atoms with Crippen molar-refractivity contribution in [1.29, 1.82) is 0 Å². The molecule has 36 heavy (non-hydrogen) atoms. The summed E-state index contributed by atoms with van der Waals surface area (Å²) in [5.74, 6) is -8.71. The second kappa shape index (κ2) is 8.00. The lowest BCUT2D eigenvalue weighted by molar-refractivity contribution is -0.167. The average Bonchev–Trinajstić information content (AvgIpc) is 2.81. The number of primary amides is 1. The van der Waals surface area contributed by atoms with Crippen molar-refractivity contribution in [2.75, 3.05) is 0 Å². The van der Waals surface area contributed by atoms with Gasteiger partial charge in [-0.3, -0.25) is 14.4 Å². The maximum absolute atomic E-state index is 13.6. The van der Waals surface area contributed by atoms with Gasteiger partial charge in [0, 0.05) is 11.5 Å². The number of fused-ring (bicyclic) bond motifs is 3. The van der Waals surface area contributed by atoms with Gasteiger partial charge in [-0.05, 0) is 60.1 Å². The summed E-state index contributed by atoms with van der Waals surface area (Å²) < 4.78 is 0. The van der Waals surface area contributed by atoms with Gasteiger partial charge in [-0.25, -0.2) is 4.79 Å². The number of phenols is 1. The van der Waals surface area contributed by atoms with E-state index in [4.69, 9.17) is 10.8 Å². The summed E-state index contributed by atoms with van der Waals surface area (Å²) in [6.45, 7) is 0. The number of carboxylic acid groups (broad SMARTS) is 1. The fraction of sp³-hybridized carbons (Fsp3) is 0.308. The summed E-state index contributed by atoms with van der Waals surface area (Å²) in [7, 11) is 0. The number of benzene rings is 2. The molecule has 186 valence electrons. The maximum atomic E-state index is 13.6. The fourth-order valence-electron chi connectivity index (χ4n) is 5.99. The van der Waals surface area contributed by atoms with Crippen LogP contribution in [0.4, 0.5) is 0 Å². The first-order chi connectivity index (χ1) is 17.0. The highest BCUT2D eigenvalue weighted by molar-refractivity contribution is 6.16. The number of aromatic hydroxyl groups is 1. The number of phenolic OH excluding ortho intramolecular Hbond substituents is 1. The molecule has 0 spiro atoms. The fourth-order valence-corrected chi connectivity index (χ4v) is 5.99. The van der Waals surface area contributed by atoms with Crippen LogP contribution in [0.15, 0.2) is 47.7 Å². The number of rotatable bonds is 3. The standard InChI is InChI=1S/C26H23NO9/c27-24(33)20-17(29)9-13-7-12-8-15-14(10-1-3-11(4-2-10)25(34)35)5-6-16(28)19(15)21(30)18(12)22(31)26(13,36)23(20)32/h1-6,12-13,17,20,28-29,31,36H,7-9H2,(H2,27,33)(H,34,35)/t12-,13+,17?,20?,26+/m1/s1. The van der Waals surface area contributed by atoms with Crippen LogP contribution in [0.1, 0.15) is 39.1 Å². The molecule has 3 aliphatic carbocycles. The van der Waals surface area contributed by atoms with Crippen molar-refractivity contribution in [1.82, 2.24) is 0 Å². The average molecular weight is 493 g/mol. The molecule has 2 aromatic rings. The van der Waals surface area contributed by atoms with Gasteiger partial charge in [0.25, 0.3) is 0 Å². The molecule has 7 N–H and O–H groups in total. The number of aromatic carboxylic acids is 1. The summed E-state index contributed by atoms with van der Waals surface area (Å²) in [5, 5.41) is 52.5. The summed E-state index contributed by atoms with van der Waals surface area (Å²) in [6.07, 6.45) is -1.40. The lowest BCUT2D eigenvalue weighted by Crippen LogP contribution is -2.63. The van der Waals surface area contributed by atoms with E-state index in [1.807, 2.05) is 0 Å². The van der Waals surface area contributed by atoms with E-state index in [0.29, 0.717) is 16.7 Å². The Labute approximate surface area is 204 Å². The molecule has 1 saturated carbocycles. The van der Waals surface area contributed by atoms with Gasteiger partial charge in [-0.1, -0.05) is 18.2 Å². The summed E-state index contributed by atoms with van der Waals surface area (Å²) in [4.78, 5) is 49.6. The molecular weight excluding hydrogens is 470 g/mol. The van der Waals surface area contributed by atoms with Crippen molar-refractivity contribution >= 4 is 23.4 Å². The number of carbonyl (C=O) groups is 4. The van der Waals surface area contributed by atoms with Crippen LogP contribution in [-0.2, 0) is 16.0 Å². The third-order valence-corrected chi connectivity index (χ3v) is 7.72. The summed E-state index contributed by atoms with van der Waals surface area (Å²) >= 11 is 0. The van der Waals surface area contributed by atoms with E-state index in [9.17, 15) is 39.6 Å². The number of allylic oxidation sites excluding steroid dienone is 1. The van der Waals surface area contributed by atoms with Crippen molar-refractivity contribution in [3.63, 3.8) is 0 Å². The Morgan fingerprint density at radius 1 is 1.00 bits per heavy atom. The lowest BCUT2D eigenvalue weighted by atomic mass is 9.57. The highest BCUT2D eigenvalue weighted by atomic mass is 16.4. The molecule has 5 atom stereocenters. The van der Waals surface area contributed by atoms with E-state index in [1.165, 1.54) is 18.2 Å². The monoisotopic (exact) mass is 493 g/mol. The van der Waals surface area contributed by atoms with Gasteiger partial charge in [-0.15, -0.1) is 0 Å². The first kappa shape index (κ1) is 23.7. The van der Waals surface area contributed by atoms with E-state index in [-0.39, 0.29) is 41.7 Å². The second-order valence-electron chi connectivity index (χ2n) is 9.61. The van der Waals surface area contributed by atoms with E-state index in [2.05, 4.69) is 0 Å². The quantitative estimate of drug-likeness (QED) is 0.339. The Kier molecular flexibility index (Phi) is 5.27. The first-order valence-electron chi connectivity index (χ1n) is 11.4. The number of hydrogen-bond donors (Lipinski definition) is 6. The molecule has 0 aliphatic heterocycles. The molecule has 0 aromatic heterocycles. The number of hydrogen-bond acceptors (Lipinski definition) is 8. The van der Waals surface area contributed by atoms with Gasteiger partial charge < -0.3 is 31.3 Å². The van der Waals surface area contributed by atoms with Crippen LogP contribution in [0, 0.1) is 17.8 Å². The molecule has 1 fully saturated rings. The predicted molar refractivity (Wildman–Crippen MR) is 123 cm³/mol. The number of amides is 1. The molecule has 2 unspecified atom stereocenters. The van der Waals surface area contributed by atoms with E-state index >= 15 is 0 Å². The van der Waals surface area contributed by atoms with Crippen molar-refractivity contribution in [2.45, 2.75) is 31.0 Å². The van der Waals surface area contributed by atoms with Crippen LogP contribution in [0.5, 0.6) is 5.75 Å². The molecule has 2 aromatic carbocycles. The van der Waals surface area contributed by atoms with Crippen LogP contribution >= 0.6 is 0 Å². The Morgan fingerprint density at radius 3 is 2.28 bits per heavy atom. The highest BCUT2D eigenvalue weighted by Crippen LogP contribution is 2.52. The van der Waals surface area contributed by atoms with Crippen LogP contribution in [0.3, 0.4) is 0 Å². The number of carboxylic acids is 1. The number of aliphatic hydroxyl groups is 3. The Bertz CT molecular complexity index is 1380. The van der Waals surface area contributed by atoms with Crippen molar-refractivity contribution in [3.05, 3.63) is 64.4 Å². The molecule has 10 nitrogen and oxygen atoms in total. The van der Waals surface area contributed by atoms with Gasteiger partial charge in [0.05, 0.1) is 17.2 Å². The lowest BCUT2D eigenvalue weighted by Gasteiger charge is -2.48. The molecule has 0 heterocycles. The molecule has 3 aliphatic rings. The Morgan fingerprint density at radius 2 is 1.67 bits per heavy atom. The van der Waals surface area contributed by atoms with Gasteiger partial charge in [0.15, 0.2) is 17.2 Å². The number of carbonyl (C=O) groups excluding carboxylic acids is 3. The normalized spacial score (nSPS) is 29.3. The van der Waals surface area contributed by atoms with Crippen molar-refractivity contribution in [3.8, 4) is 16.9 Å². The molecular formula is C26H23NO9. The number of aliphatic hydroxyl groups excluding tert-OH is 2. The van der Waals surface area contributed by atoms with E-state index < -0.39 is 58.7 Å². The zero-order valence-electron chi connectivity index (χ0n) is 18.8. The Balaban J connectivity index is 1.64. The molecule has 1 amide bonds. The van der Waals surface area contributed by atoms with Gasteiger partial charge in [0.1, 0.15) is 17.4 Å². The zero-order valence-corrected chi connectivity index (χ0v) is 18.8. The molecule has 10 heteroatoms. The largest absolute Gasteiger partial charge is 0.508 e. The maximum Gasteiger partial charge on any atom is 0.335 e. The number of ketones is 2. The van der Waals surface area contributed by atoms with Gasteiger partial charge >= 0.3 is 5.97 Å². The summed E-state index contributed by atoms with van der Waals surface area (Å²) in [5.41, 5.74) is 4.14. The third kappa shape index (κ3) is 3.18. The first-order valence-corrected chi connectivity index (χ1v) is 11.4. The second-order valence-corrected chi connectivity index (χ2v) is 9.61. The summed E-state index contributed by atoms with van der Waals surface area (Å²) in [6, 6.07) is 8.93.